The highest BCUT2D eigenvalue weighted by Gasteiger charge is 2.21. The maximum Gasteiger partial charge on any atom is 0.407 e. The van der Waals surface area contributed by atoms with Gasteiger partial charge in [0.05, 0.1) is 10.9 Å². The molecule has 0 radical (unpaired) electrons. The molecule has 0 aliphatic carbocycles. The van der Waals surface area contributed by atoms with Crippen LogP contribution >= 0.6 is 0 Å². The molecular formula is C28H37N3O4Si2. The van der Waals surface area contributed by atoms with Gasteiger partial charge < -0.3 is 24.0 Å². The molecule has 1 N–H and O–H groups in total. The summed E-state index contributed by atoms with van der Waals surface area (Å²) >= 11 is 0. The number of hydrogen-bond acceptors (Lipinski definition) is 4. The van der Waals surface area contributed by atoms with Crippen LogP contribution in [-0.2, 0) is 24.4 Å². The number of amides is 1. The lowest BCUT2D eigenvalue weighted by Crippen LogP contribution is -2.34. The minimum atomic E-state index is -1.61. The van der Waals surface area contributed by atoms with E-state index in [4.69, 9.17) is 9.47 Å². The maximum absolute atomic E-state index is 11.5. The van der Waals surface area contributed by atoms with Crippen LogP contribution in [0.3, 0.4) is 0 Å². The summed E-state index contributed by atoms with van der Waals surface area (Å²) in [6, 6.07) is 8.90. The first-order valence-corrected chi connectivity index (χ1v) is 20.0. The van der Waals surface area contributed by atoms with Gasteiger partial charge in [0.2, 0.25) is 0 Å². The van der Waals surface area contributed by atoms with E-state index in [-0.39, 0.29) is 0 Å². The third kappa shape index (κ3) is 7.03. The lowest BCUT2D eigenvalue weighted by Gasteiger charge is -2.26. The molecule has 0 saturated carbocycles. The molecule has 0 unspecified atom stereocenters. The van der Waals surface area contributed by atoms with Crippen molar-refractivity contribution in [1.82, 2.24) is 14.5 Å². The van der Waals surface area contributed by atoms with Crippen molar-refractivity contribution in [2.24, 2.45) is 0 Å². The summed E-state index contributed by atoms with van der Waals surface area (Å²) in [5.74, 6) is 4.75. The molecule has 0 spiro atoms. The fraction of sp³-hybridized carbons (Fsp3) is 0.429. The Bertz CT molecular complexity index is 1360. The number of ether oxygens (including phenoxy) is 2. The summed E-state index contributed by atoms with van der Waals surface area (Å²) in [5.41, 5.74) is 7.27. The third-order valence-corrected chi connectivity index (χ3v) is 8.79. The predicted molar refractivity (Wildman–Crippen MR) is 153 cm³/mol. The number of nitrogens with zero attached hydrogens (tertiary/aromatic N) is 3. The van der Waals surface area contributed by atoms with E-state index in [0.29, 0.717) is 37.7 Å². The number of pyridine rings is 1. The molecular weight excluding hydrogens is 498 g/mol. The summed E-state index contributed by atoms with van der Waals surface area (Å²) in [6.45, 7) is 15.7. The van der Waals surface area contributed by atoms with Gasteiger partial charge in [0.25, 0.3) is 0 Å². The number of fused-ring (bicyclic) bond motifs is 2. The van der Waals surface area contributed by atoms with Crippen LogP contribution in [0, 0.1) is 11.5 Å². The van der Waals surface area contributed by atoms with Crippen molar-refractivity contribution < 1.29 is 19.4 Å². The van der Waals surface area contributed by atoms with Gasteiger partial charge in [-0.05, 0) is 41.8 Å². The van der Waals surface area contributed by atoms with Crippen LogP contribution in [0.15, 0.2) is 36.7 Å². The van der Waals surface area contributed by atoms with E-state index in [1.807, 2.05) is 35.0 Å². The smallest absolute Gasteiger partial charge is 0.407 e. The Balaban J connectivity index is 1.67. The zero-order chi connectivity index (χ0) is 26.8. The summed E-state index contributed by atoms with van der Waals surface area (Å²) in [5, 5.41) is 10.3. The van der Waals surface area contributed by atoms with Crippen LogP contribution in [0.5, 0.6) is 11.5 Å². The molecule has 4 rings (SSSR count). The number of aromatic nitrogens is 2. The standard InChI is InChI=1S/C28H37N3O4Si2/c1-36(2,3)15-11-22-18-31(20-34-14-16-37(4,5)6)27-26(22)25(9-12-29-27)35-24-8-7-21-10-13-30(28(32)33)19-23(21)17-24/h7-9,12,17-18H,10,13-14,16,19-20H2,1-6H3,(H,32,33). The number of rotatable bonds is 7. The SMILES string of the molecule is C[Si](C)(C)C#Cc1cn(COCC[Si](C)(C)C)c2nccc(Oc3ccc4c(c3)CN(C(=O)O)CC4)c12. The lowest BCUT2D eigenvalue weighted by atomic mass is 10.00. The van der Waals surface area contributed by atoms with Crippen molar-refractivity contribution in [3.63, 3.8) is 0 Å². The zero-order valence-electron chi connectivity index (χ0n) is 22.7. The highest BCUT2D eigenvalue weighted by molar-refractivity contribution is 6.83. The monoisotopic (exact) mass is 535 g/mol. The Morgan fingerprint density at radius 3 is 2.62 bits per heavy atom. The third-order valence-electron chi connectivity index (χ3n) is 6.21. The second kappa shape index (κ2) is 10.7. The van der Waals surface area contributed by atoms with Gasteiger partial charge in [0.15, 0.2) is 0 Å². The van der Waals surface area contributed by atoms with Crippen molar-refractivity contribution in [3.05, 3.63) is 53.3 Å². The van der Waals surface area contributed by atoms with Crippen molar-refractivity contribution in [2.75, 3.05) is 13.2 Å². The van der Waals surface area contributed by atoms with Gasteiger partial charge in [0, 0.05) is 40.2 Å². The van der Waals surface area contributed by atoms with Gasteiger partial charge in [-0.25, -0.2) is 9.78 Å². The van der Waals surface area contributed by atoms with Crippen LogP contribution in [0.25, 0.3) is 11.0 Å². The van der Waals surface area contributed by atoms with Crippen LogP contribution in [0.2, 0.25) is 45.3 Å². The Morgan fingerprint density at radius 1 is 1.14 bits per heavy atom. The molecule has 37 heavy (non-hydrogen) atoms. The molecule has 1 aromatic carbocycles. The van der Waals surface area contributed by atoms with E-state index in [2.05, 4.69) is 55.7 Å². The average Bonchev–Trinajstić information content (AvgIpc) is 3.17. The summed E-state index contributed by atoms with van der Waals surface area (Å²) < 4.78 is 14.4. The molecule has 3 aromatic rings. The van der Waals surface area contributed by atoms with Gasteiger partial charge in [-0.3, -0.25) is 0 Å². The van der Waals surface area contributed by atoms with Crippen molar-refractivity contribution >= 4 is 33.3 Å². The first-order chi connectivity index (χ1) is 17.4. The lowest BCUT2D eigenvalue weighted by molar-refractivity contribution is 0.0898. The molecule has 7 nitrogen and oxygen atoms in total. The van der Waals surface area contributed by atoms with Gasteiger partial charge in [-0.15, -0.1) is 5.54 Å². The van der Waals surface area contributed by atoms with Gasteiger partial charge in [-0.1, -0.05) is 51.3 Å². The quantitative estimate of drug-likeness (QED) is 0.215. The molecule has 9 heteroatoms. The van der Waals surface area contributed by atoms with Crippen LogP contribution in [0.4, 0.5) is 4.79 Å². The van der Waals surface area contributed by atoms with E-state index < -0.39 is 22.2 Å². The molecule has 0 saturated heterocycles. The van der Waals surface area contributed by atoms with Gasteiger partial charge in [0.1, 0.15) is 32.0 Å². The Morgan fingerprint density at radius 2 is 1.92 bits per heavy atom. The number of hydrogen-bond donors (Lipinski definition) is 1. The molecule has 1 aliphatic rings. The maximum atomic E-state index is 11.5. The summed E-state index contributed by atoms with van der Waals surface area (Å²) in [4.78, 5) is 17.6. The summed E-state index contributed by atoms with van der Waals surface area (Å²) in [7, 11) is -2.78. The fourth-order valence-corrected chi connectivity index (χ4v) is 5.41. The minimum Gasteiger partial charge on any atom is -0.465 e. The van der Waals surface area contributed by atoms with E-state index >= 15 is 0 Å². The molecule has 2 aromatic heterocycles. The van der Waals surface area contributed by atoms with E-state index in [9.17, 15) is 9.90 Å². The summed E-state index contributed by atoms with van der Waals surface area (Å²) in [6.07, 6.45) is 3.57. The second-order valence-electron chi connectivity index (χ2n) is 11.9. The molecule has 0 fully saturated rings. The topological polar surface area (TPSA) is 76.8 Å². The van der Waals surface area contributed by atoms with Crippen LogP contribution in [-0.4, -0.2) is 55.0 Å². The predicted octanol–water partition coefficient (Wildman–Crippen LogP) is 6.41. The van der Waals surface area contributed by atoms with Crippen molar-refractivity contribution in [2.45, 2.75) is 65.0 Å². The van der Waals surface area contributed by atoms with Crippen molar-refractivity contribution in [3.8, 4) is 23.0 Å². The Kier molecular flexibility index (Phi) is 7.83. The molecule has 0 bridgehead atoms. The van der Waals surface area contributed by atoms with Crippen LogP contribution < -0.4 is 4.74 Å². The zero-order valence-corrected chi connectivity index (χ0v) is 24.7. The highest BCUT2D eigenvalue weighted by Crippen LogP contribution is 2.34. The fourth-order valence-electron chi connectivity index (χ4n) is 4.15. The van der Waals surface area contributed by atoms with Gasteiger partial charge in [-0.2, -0.15) is 0 Å². The first kappa shape index (κ1) is 27.0. The first-order valence-electron chi connectivity index (χ1n) is 12.8. The molecule has 1 amide bonds. The normalized spacial score (nSPS) is 13.7. The average molecular weight is 536 g/mol. The Labute approximate surface area is 221 Å². The van der Waals surface area contributed by atoms with E-state index in [1.165, 1.54) is 4.90 Å². The second-order valence-corrected chi connectivity index (χ2v) is 22.2. The van der Waals surface area contributed by atoms with Crippen LogP contribution in [0.1, 0.15) is 16.7 Å². The number of benzene rings is 1. The molecule has 196 valence electrons. The minimum absolute atomic E-state index is 0.367. The Hall–Kier alpha value is -3.07. The number of carboxylic acid groups (broad SMARTS) is 1. The largest absolute Gasteiger partial charge is 0.465 e. The van der Waals surface area contributed by atoms with E-state index in [0.717, 1.165) is 40.4 Å². The highest BCUT2D eigenvalue weighted by atomic mass is 28.3. The van der Waals surface area contributed by atoms with Crippen molar-refractivity contribution in [1.29, 1.82) is 0 Å². The number of carbonyl (C=O) groups is 1. The van der Waals surface area contributed by atoms with Gasteiger partial charge >= 0.3 is 6.09 Å². The molecule has 3 heterocycles. The molecule has 0 atom stereocenters. The molecule has 1 aliphatic heterocycles. The van der Waals surface area contributed by atoms with E-state index in [1.54, 1.807) is 6.20 Å².